The summed E-state index contributed by atoms with van der Waals surface area (Å²) in [7, 11) is 0. The summed E-state index contributed by atoms with van der Waals surface area (Å²) in [5, 5.41) is 5.52. The maximum atomic E-state index is 12.4. The molecular weight excluding hydrogens is 352 g/mol. The van der Waals surface area contributed by atoms with E-state index in [1.54, 1.807) is 48.5 Å². The van der Waals surface area contributed by atoms with Crippen LogP contribution in [0.3, 0.4) is 0 Å². The van der Waals surface area contributed by atoms with E-state index in [0.29, 0.717) is 23.5 Å². The van der Waals surface area contributed by atoms with Crippen molar-refractivity contribution in [2.45, 2.75) is 13.3 Å². The van der Waals surface area contributed by atoms with Crippen LogP contribution in [-0.2, 0) is 11.2 Å². The Morgan fingerprint density at radius 2 is 1.39 bits per heavy atom. The average Bonchev–Trinajstić information content (AvgIpc) is 2.70. The van der Waals surface area contributed by atoms with Crippen molar-refractivity contribution in [2.75, 3.05) is 17.2 Å². The summed E-state index contributed by atoms with van der Waals surface area (Å²) < 4.78 is 5.74. The zero-order valence-electron chi connectivity index (χ0n) is 15.6. The summed E-state index contributed by atoms with van der Waals surface area (Å²) in [6.07, 6.45) is 0.831. The Bertz CT molecular complexity index is 920. The highest BCUT2D eigenvalue weighted by Crippen LogP contribution is 2.17. The highest BCUT2D eigenvalue weighted by Gasteiger charge is 2.07. The first-order valence-corrected chi connectivity index (χ1v) is 9.06. The lowest BCUT2D eigenvalue weighted by Crippen LogP contribution is -2.12. The molecule has 3 aromatic rings. The van der Waals surface area contributed by atoms with Gasteiger partial charge in [0.05, 0.1) is 6.61 Å². The van der Waals surface area contributed by atoms with E-state index in [2.05, 4.69) is 22.8 Å². The summed E-state index contributed by atoms with van der Waals surface area (Å²) >= 11 is 0. The van der Waals surface area contributed by atoms with E-state index < -0.39 is 0 Å². The topological polar surface area (TPSA) is 67.4 Å². The third-order valence-electron chi connectivity index (χ3n) is 4.08. The Hall–Kier alpha value is -3.60. The van der Waals surface area contributed by atoms with Gasteiger partial charge in [-0.15, -0.1) is 0 Å². The first-order valence-electron chi connectivity index (χ1n) is 9.06. The van der Waals surface area contributed by atoms with Crippen molar-refractivity contribution in [3.63, 3.8) is 0 Å². The summed E-state index contributed by atoms with van der Waals surface area (Å²) in [6.45, 7) is 2.03. The molecule has 5 nitrogen and oxygen atoms in total. The van der Waals surface area contributed by atoms with Crippen molar-refractivity contribution in [2.24, 2.45) is 0 Å². The number of rotatable bonds is 7. The molecule has 0 radical (unpaired) electrons. The van der Waals surface area contributed by atoms with Gasteiger partial charge >= 0.3 is 0 Å². The van der Waals surface area contributed by atoms with Gasteiger partial charge in [0, 0.05) is 30.3 Å². The minimum Gasteiger partial charge on any atom is -0.493 e. The van der Waals surface area contributed by atoms with Gasteiger partial charge in [0.15, 0.2) is 0 Å². The van der Waals surface area contributed by atoms with Crippen molar-refractivity contribution < 1.29 is 14.3 Å². The minimum absolute atomic E-state index is 0.136. The highest BCUT2D eigenvalue weighted by atomic mass is 16.5. The smallest absolute Gasteiger partial charge is 0.255 e. The Kier molecular flexibility index (Phi) is 6.41. The molecule has 0 aromatic heterocycles. The van der Waals surface area contributed by atoms with Gasteiger partial charge < -0.3 is 15.4 Å². The van der Waals surface area contributed by atoms with Crippen LogP contribution < -0.4 is 15.4 Å². The number of benzene rings is 3. The van der Waals surface area contributed by atoms with Crippen molar-refractivity contribution in [3.8, 4) is 5.75 Å². The number of hydrogen-bond donors (Lipinski definition) is 2. The number of hydrogen-bond acceptors (Lipinski definition) is 3. The molecule has 5 heteroatoms. The molecule has 2 N–H and O–H groups in total. The highest BCUT2D eigenvalue weighted by molar-refractivity contribution is 6.04. The van der Waals surface area contributed by atoms with Gasteiger partial charge in [-0.25, -0.2) is 0 Å². The van der Waals surface area contributed by atoms with Crippen molar-refractivity contribution in [1.82, 2.24) is 0 Å². The third-order valence-corrected chi connectivity index (χ3v) is 4.08. The van der Waals surface area contributed by atoms with E-state index in [0.717, 1.165) is 12.2 Å². The molecule has 142 valence electrons. The van der Waals surface area contributed by atoms with Crippen LogP contribution >= 0.6 is 0 Å². The Morgan fingerprint density at radius 3 is 2.00 bits per heavy atom. The predicted octanol–water partition coefficient (Wildman–Crippen LogP) is 4.52. The Balaban J connectivity index is 1.51. The molecule has 0 spiro atoms. The Labute approximate surface area is 164 Å². The molecule has 0 fully saturated rings. The van der Waals surface area contributed by atoms with Gasteiger partial charge in [0.1, 0.15) is 5.75 Å². The van der Waals surface area contributed by atoms with Crippen LogP contribution in [0.15, 0.2) is 78.9 Å². The second kappa shape index (κ2) is 9.37. The fourth-order valence-electron chi connectivity index (χ4n) is 2.68. The van der Waals surface area contributed by atoms with Crippen LogP contribution in [-0.4, -0.2) is 18.4 Å². The molecule has 0 heterocycles. The first kappa shape index (κ1) is 19.2. The molecule has 0 aliphatic heterocycles. The zero-order chi connectivity index (χ0) is 19.8. The second-order valence-corrected chi connectivity index (χ2v) is 6.32. The number of carbonyl (C=O) groups is 2. The number of ether oxygens (including phenoxy) is 1. The second-order valence-electron chi connectivity index (χ2n) is 6.32. The van der Waals surface area contributed by atoms with Gasteiger partial charge in [-0.3, -0.25) is 9.59 Å². The summed E-state index contributed by atoms with van der Waals surface area (Å²) in [4.78, 5) is 23.4. The monoisotopic (exact) mass is 374 g/mol. The van der Waals surface area contributed by atoms with Crippen LogP contribution in [0.25, 0.3) is 0 Å². The molecule has 2 amide bonds. The molecule has 0 aliphatic carbocycles. The number of amides is 2. The largest absolute Gasteiger partial charge is 0.493 e. The maximum Gasteiger partial charge on any atom is 0.255 e. The van der Waals surface area contributed by atoms with E-state index in [-0.39, 0.29) is 11.8 Å². The third kappa shape index (κ3) is 5.71. The molecule has 0 bridgehead atoms. The fraction of sp³-hybridized carbons (Fsp3) is 0.130. The van der Waals surface area contributed by atoms with Crippen molar-refractivity contribution in [3.05, 3.63) is 90.0 Å². The van der Waals surface area contributed by atoms with Gasteiger partial charge in [-0.05, 0) is 54.1 Å². The molecule has 0 unspecified atom stereocenters. The van der Waals surface area contributed by atoms with E-state index in [1.807, 2.05) is 18.2 Å². The molecule has 3 aromatic carbocycles. The number of carbonyl (C=O) groups excluding carboxylic acids is 2. The van der Waals surface area contributed by atoms with Crippen LogP contribution in [0.5, 0.6) is 5.75 Å². The van der Waals surface area contributed by atoms with Crippen molar-refractivity contribution in [1.29, 1.82) is 0 Å². The summed E-state index contributed by atoms with van der Waals surface area (Å²) in [5.74, 6) is 0.387. The lowest BCUT2D eigenvalue weighted by molar-refractivity contribution is -0.114. The van der Waals surface area contributed by atoms with E-state index in [1.165, 1.54) is 12.5 Å². The number of nitrogens with one attached hydrogen (secondary N) is 2. The van der Waals surface area contributed by atoms with E-state index in [9.17, 15) is 9.59 Å². The SMILES string of the molecule is CC(=O)Nc1ccc(NC(=O)c2ccc(OCCc3ccccc3)cc2)cc1. The van der Waals surface area contributed by atoms with Gasteiger partial charge in [-0.2, -0.15) is 0 Å². The molecule has 0 saturated heterocycles. The van der Waals surface area contributed by atoms with Crippen LogP contribution in [0, 0.1) is 0 Å². The molecule has 28 heavy (non-hydrogen) atoms. The van der Waals surface area contributed by atoms with Gasteiger partial charge in [0.25, 0.3) is 5.91 Å². The normalized spacial score (nSPS) is 10.2. The first-order chi connectivity index (χ1) is 13.6. The van der Waals surface area contributed by atoms with E-state index in [4.69, 9.17) is 4.74 Å². The standard InChI is InChI=1S/C23H22N2O3/c1-17(26)24-20-9-11-21(12-10-20)25-23(27)19-7-13-22(14-8-19)28-16-15-18-5-3-2-4-6-18/h2-14H,15-16H2,1H3,(H,24,26)(H,25,27). The van der Waals surface area contributed by atoms with E-state index >= 15 is 0 Å². The average molecular weight is 374 g/mol. The lowest BCUT2D eigenvalue weighted by Gasteiger charge is -2.09. The predicted molar refractivity (Wildman–Crippen MR) is 111 cm³/mol. The van der Waals surface area contributed by atoms with Gasteiger partial charge in [-0.1, -0.05) is 30.3 Å². The molecule has 0 atom stereocenters. The summed E-state index contributed by atoms with van der Waals surface area (Å²) in [5.41, 5.74) is 3.11. The number of anilines is 2. The Morgan fingerprint density at radius 1 is 0.786 bits per heavy atom. The quantitative estimate of drug-likeness (QED) is 0.639. The van der Waals surface area contributed by atoms with Crippen LogP contribution in [0.4, 0.5) is 11.4 Å². The zero-order valence-corrected chi connectivity index (χ0v) is 15.6. The fourth-order valence-corrected chi connectivity index (χ4v) is 2.68. The summed E-state index contributed by atoms with van der Waals surface area (Å²) in [6, 6.07) is 24.2. The van der Waals surface area contributed by atoms with Crippen LogP contribution in [0.2, 0.25) is 0 Å². The van der Waals surface area contributed by atoms with Gasteiger partial charge in [0.2, 0.25) is 5.91 Å². The lowest BCUT2D eigenvalue weighted by atomic mass is 10.1. The molecule has 0 saturated carbocycles. The maximum absolute atomic E-state index is 12.4. The molecule has 0 aliphatic rings. The van der Waals surface area contributed by atoms with Crippen molar-refractivity contribution >= 4 is 23.2 Å². The molecular formula is C23H22N2O3. The minimum atomic E-state index is -0.205. The molecule has 3 rings (SSSR count). The van der Waals surface area contributed by atoms with Crippen LogP contribution in [0.1, 0.15) is 22.8 Å².